The Hall–Kier alpha value is -4.22. The number of carbonyl (C=O) groups is 1. The number of aromatic nitrogens is 1. The molecule has 0 saturated heterocycles. The van der Waals surface area contributed by atoms with Crippen LogP contribution in [0.15, 0.2) is 60.8 Å². The van der Waals surface area contributed by atoms with Gasteiger partial charge in [-0.3, -0.25) is 14.9 Å². The third kappa shape index (κ3) is 10.0. The molecule has 1 aromatic heterocycles. The first-order valence-electron chi connectivity index (χ1n) is 13.3. The Balaban J connectivity index is 1.52. The lowest BCUT2D eigenvalue weighted by Crippen LogP contribution is -2.46. The van der Waals surface area contributed by atoms with Crippen molar-refractivity contribution in [3.05, 3.63) is 82.0 Å². The molecule has 220 valence electrons. The van der Waals surface area contributed by atoms with Gasteiger partial charge < -0.3 is 30.9 Å². The van der Waals surface area contributed by atoms with Crippen molar-refractivity contribution >= 4 is 17.3 Å². The van der Waals surface area contributed by atoms with Crippen molar-refractivity contribution in [1.29, 1.82) is 0 Å². The summed E-state index contributed by atoms with van der Waals surface area (Å²) in [5, 5.41) is 28.7. The SMILES string of the molecule is CC(C)(C)CNc1c(OC[C@@H](O)CNC(C)(C)Cc2ccc(Oc3ccc(C(N)=O)cn3)cc2)cccc1[N+](=O)[O-]. The van der Waals surface area contributed by atoms with E-state index in [4.69, 9.17) is 15.2 Å². The molecule has 1 amide bonds. The number of aliphatic hydroxyl groups excluding tert-OH is 1. The molecule has 0 aliphatic carbocycles. The fourth-order valence-electron chi connectivity index (χ4n) is 3.92. The number of anilines is 1. The highest BCUT2D eigenvalue weighted by molar-refractivity contribution is 5.92. The number of nitrogens with two attached hydrogens (primary N) is 1. The second-order valence-electron chi connectivity index (χ2n) is 11.7. The Morgan fingerprint density at radius 1 is 1.10 bits per heavy atom. The first-order valence-corrected chi connectivity index (χ1v) is 13.3. The van der Waals surface area contributed by atoms with Gasteiger partial charge in [-0.15, -0.1) is 0 Å². The number of nitrogens with zero attached hydrogens (tertiary/aromatic N) is 2. The molecule has 1 atom stereocenters. The highest BCUT2D eigenvalue weighted by atomic mass is 16.6. The largest absolute Gasteiger partial charge is 0.488 e. The van der Waals surface area contributed by atoms with Gasteiger partial charge in [0.15, 0.2) is 5.69 Å². The van der Waals surface area contributed by atoms with Crippen LogP contribution in [0.5, 0.6) is 17.4 Å². The number of hydrogen-bond acceptors (Lipinski definition) is 9. The van der Waals surface area contributed by atoms with Crippen molar-refractivity contribution in [1.82, 2.24) is 10.3 Å². The van der Waals surface area contributed by atoms with Crippen molar-refractivity contribution < 1.29 is 24.3 Å². The zero-order chi connectivity index (χ0) is 30.2. The van der Waals surface area contributed by atoms with Crippen molar-refractivity contribution in [3.8, 4) is 17.4 Å². The monoisotopic (exact) mass is 565 g/mol. The summed E-state index contributed by atoms with van der Waals surface area (Å²) in [6, 6.07) is 15.4. The molecule has 11 heteroatoms. The Morgan fingerprint density at radius 3 is 2.39 bits per heavy atom. The lowest BCUT2D eigenvalue weighted by Gasteiger charge is -2.28. The smallest absolute Gasteiger partial charge is 0.296 e. The van der Waals surface area contributed by atoms with Crippen molar-refractivity contribution in [3.63, 3.8) is 0 Å². The number of aliphatic hydroxyl groups is 1. The number of nitro benzene ring substituents is 1. The summed E-state index contributed by atoms with van der Waals surface area (Å²) in [5.74, 6) is 0.723. The van der Waals surface area contributed by atoms with Gasteiger partial charge in [-0.2, -0.15) is 0 Å². The highest BCUT2D eigenvalue weighted by Gasteiger charge is 2.23. The standard InChI is InChI=1S/C30H39N5O6/c1-29(2,3)19-33-27-24(35(38)39)7-6-8-25(27)40-18-22(36)17-34-30(4,5)15-20-9-12-23(13-10-20)41-26-14-11-21(16-32-26)28(31)37/h6-14,16,22,33-34,36H,15,17-19H2,1-5H3,(H2,31,37)/t22-/m0/s1. The van der Waals surface area contributed by atoms with Gasteiger partial charge >= 0.3 is 0 Å². The summed E-state index contributed by atoms with van der Waals surface area (Å²) < 4.78 is 11.6. The van der Waals surface area contributed by atoms with E-state index in [1.165, 1.54) is 12.3 Å². The van der Waals surface area contributed by atoms with Gasteiger partial charge in [0, 0.05) is 37.0 Å². The number of carbonyl (C=O) groups excluding carboxylic acids is 1. The predicted molar refractivity (Wildman–Crippen MR) is 158 cm³/mol. The van der Waals surface area contributed by atoms with Crippen LogP contribution in [0.4, 0.5) is 11.4 Å². The number of primary amides is 1. The van der Waals surface area contributed by atoms with E-state index in [0.29, 0.717) is 41.6 Å². The highest BCUT2D eigenvalue weighted by Crippen LogP contribution is 2.35. The molecular weight excluding hydrogens is 526 g/mol. The Bertz CT molecular complexity index is 1320. The van der Waals surface area contributed by atoms with E-state index in [9.17, 15) is 20.0 Å². The van der Waals surface area contributed by atoms with Crippen LogP contribution in [0.1, 0.15) is 50.5 Å². The van der Waals surface area contributed by atoms with E-state index >= 15 is 0 Å². The molecular formula is C30H39N5O6. The minimum atomic E-state index is -0.840. The van der Waals surface area contributed by atoms with E-state index in [2.05, 4.69) is 15.6 Å². The van der Waals surface area contributed by atoms with Crippen LogP contribution < -0.4 is 25.8 Å². The maximum absolute atomic E-state index is 11.6. The van der Waals surface area contributed by atoms with Crippen LogP contribution in [0, 0.1) is 15.5 Å². The summed E-state index contributed by atoms with van der Waals surface area (Å²) in [7, 11) is 0. The average molecular weight is 566 g/mol. The van der Waals surface area contributed by atoms with E-state index in [-0.39, 0.29) is 29.8 Å². The summed E-state index contributed by atoms with van der Waals surface area (Å²) in [4.78, 5) is 26.4. The number of hydrogen-bond donors (Lipinski definition) is 4. The molecule has 5 N–H and O–H groups in total. The number of β-amino-alcohol motifs (C(OH)–C–C–N with tert-alkyl or cyclic N) is 1. The van der Waals surface area contributed by atoms with Crippen LogP contribution in [0.25, 0.3) is 0 Å². The van der Waals surface area contributed by atoms with E-state index in [0.717, 1.165) is 5.56 Å². The quantitative estimate of drug-likeness (QED) is 0.160. The summed E-state index contributed by atoms with van der Waals surface area (Å²) in [6.07, 6.45) is 1.21. The fourth-order valence-corrected chi connectivity index (χ4v) is 3.92. The molecule has 41 heavy (non-hydrogen) atoms. The molecule has 0 aliphatic rings. The van der Waals surface area contributed by atoms with Crippen molar-refractivity contribution in [2.24, 2.45) is 11.1 Å². The van der Waals surface area contributed by atoms with Crippen LogP contribution in [0.2, 0.25) is 0 Å². The molecule has 0 aliphatic heterocycles. The molecule has 3 aromatic rings. The first kappa shape index (κ1) is 31.3. The maximum atomic E-state index is 11.6. The molecule has 11 nitrogen and oxygen atoms in total. The van der Waals surface area contributed by atoms with Gasteiger partial charge in [0.1, 0.15) is 24.2 Å². The number of pyridine rings is 1. The molecule has 0 fully saturated rings. The molecule has 0 unspecified atom stereocenters. The molecule has 0 bridgehead atoms. The van der Waals surface area contributed by atoms with Gasteiger partial charge in [-0.05, 0) is 55.5 Å². The molecule has 0 saturated carbocycles. The number of nitrogens with one attached hydrogen (secondary N) is 2. The zero-order valence-corrected chi connectivity index (χ0v) is 24.1. The van der Waals surface area contributed by atoms with E-state index < -0.39 is 16.9 Å². The lowest BCUT2D eigenvalue weighted by atomic mass is 9.94. The number of amides is 1. The summed E-state index contributed by atoms with van der Waals surface area (Å²) >= 11 is 0. The number of ether oxygens (including phenoxy) is 2. The second kappa shape index (κ2) is 13.4. The Labute approximate surface area is 240 Å². The molecule has 0 radical (unpaired) electrons. The first-order chi connectivity index (χ1) is 19.2. The number of para-hydroxylation sites is 1. The Kier molecular flexibility index (Phi) is 10.3. The zero-order valence-electron chi connectivity index (χ0n) is 24.1. The topological polar surface area (TPSA) is 162 Å². The minimum Gasteiger partial charge on any atom is -0.488 e. The van der Waals surface area contributed by atoms with Crippen LogP contribution in [0.3, 0.4) is 0 Å². The van der Waals surface area contributed by atoms with Crippen LogP contribution in [-0.2, 0) is 6.42 Å². The van der Waals surface area contributed by atoms with Crippen molar-refractivity contribution in [2.75, 3.05) is 25.0 Å². The fraction of sp³-hybridized carbons (Fsp3) is 0.400. The van der Waals surface area contributed by atoms with Gasteiger partial charge in [0.25, 0.3) is 5.69 Å². The molecule has 3 rings (SSSR count). The number of benzene rings is 2. The van der Waals surface area contributed by atoms with Crippen LogP contribution >= 0.6 is 0 Å². The summed E-state index contributed by atoms with van der Waals surface area (Å²) in [5.41, 5.74) is 6.39. The number of rotatable bonds is 14. The second-order valence-corrected chi connectivity index (χ2v) is 11.7. The predicted octanol–water partition coefficient (Wildman–Crippen LogP) is 4.69. The van der Waals surface area contributed by atoms with Gasteiger partial charge in [0.05, 0.1) is 10.5 Å². The molecule has 2 aromatic carbocycles. The van der Waals surface area contributed by atoms with Crippen molar-refractivity contribution in [2.45, 2.75) is 52.7 Å². The van der Waals surface area contributed by atoms with Gasteiger partial charge in [0.2, 0.25) is 11.8 Å². The third-order valence-electron chi connectivity index (χ3n) is 6.06. The van der Waals surface area contributed by atoms with E-state index in [1.54, 1.807) is 24.3 Å². The maximum Gasteiger partial charge on any atom is 0.296 e. The number of nitro groups is 1. The normalized spacial score (nSPS) is 12.4. The Morgan fingerprint density at radius 2 is 1.80 bits per heavy atom. The van der Waals surface area contributed by atoms with Gasteiger partial charge in [-0.25, -0.2) is 4.98 Å². The summed E-state index contributed by atoms with van der Waals surface area (Å²) in [6.45, 7) is 10.9. The van der Waals surface area contributed by atoms with Crippen LogP contribution in [-0.4, -0.2) is 52.3 Å². The lowest BCUT2D eigenvalue weighted by molar-refractivity contribution is -0.384. The average Bonchev–Trinajstić information content (AvgIpc) is 2.90. The third-order valence-corrected chi connectivity index (χ3v) is 6.06. The van der Waals surface area contributed by atoms with Gasteiger partial charge in [-0.1, -0.05) is 39.0 Å². The molecule has 1 heterocycles. The van der Waals surface area contributed by atoms with E-state index in [1.807, 2.05) is 58.9 Å². The minimum absolute atomic E-state index is 0.0328. The molecule has 0 spiro atoms.